The van der Waals surface area contributed by atoms with Crippen LogP contribution in [0.25, 0.3) is 28.1 Å². The second kappa shape index (κ2) is 9.33. The number of aromatic nitrogens is 6. The number of nitrogens with zero attached hydrogens (tertiary/aromatic N) is 7. The first-order valence-corrected chi connectivity index (χ1v) is 12.4. The van der Waals surface area contributed by atoms with Crippen LogP contribution in [0.4, 0.5) is 5.82 Å². The molecule has 4 heterocycles. The highest BCUT2D eigenvalue weighted by Crippen LogP contribution is 2.28. The third-order valence-corrected chi connectivity index (χ3v) is 6.89. The van der Waals surface area contributed by atoms with E-state index in [4.69, 9.17) is 24.7 Å². The largest absolute Gasteiger partial charge is 0.378 e. The normalized spacial score (nSPS) is 15.1. The summed E-state index contributed by atoms with van der Waals surface area (Å²) in [6, 6.07) is 18.7. The SMILES string of the molecule is Cc1nc2ccccc2n1-c1nc(N2CCOCC2)c2nc(CNC(C)c3ccccc3)n(C)c2n1. The van der Waals surface area contributed by atoms with E-state index in [2.05, 4.69) is 52.0 Å². The predicted octanol–water partition coefficient (Wildman–Crippen LogP) is 3.70. The van der Waals surface area contributed by atoms with Crippen molar-refractivity contribution in [2.45, 2.75) is 26.4 Å². The number of aryl methyl sites for hydroxylation is 2. The lowest BCUT2D eigenvalue weighted by Crippen LogP contribution is -2.37. The van der Waals surface area contributed by atoms with Crippen LogP contribution in [-0.4, -0.2) is 55.4 Å². The number of hydrogen-bond acceptors (Lipinski definition) is 7. The predicted molar refractivity (Wildman–Crippen MR) is 140 cm³/mol. The first-order valence-electron chi connectivity index (χ1n) is 12.4. The molecule has 9 nitrogen and oxygen atoms in total. The summed E-state index contributed by atoms with van der Waals surface area (Å²) in [6.07, 6.45) is 0. The Balaban J connectivity index is 1.44. The van der Waals surface area contributed by atoms with E-state index in [-0.39, 0.29) is 6.04 Å². The van der Waals surface area contributed by atoms with Crippen molar-refractivity contribution in [2.24, 2.45) is 7.05 Å². The second-order valence-electron chi connectivity index (χ2n) is 9.20. The summed E-state index contributed by atoms with van der Waals surface area (Å²) in [5.74, 6) is 3.22. The van der Waals surface area contributed by atoms with E-state index in [0.717, 1.165) is 52.8 Å². The summed E-state index contributed by atoms with van der Waals surface area (Å²) in [6.45, 7) is 7.66. The zero-order valence-corrected chi connectivity index (χ0v) is 20.8. The van der Waals surface area contributed by atoms with Gasteiger partial charge in [0, 0.05) is 26.2 Å². The average molecular weight is 483 g/mol. The Morgan fingerprint density at radius 1 is 0.944 bits per heavy atom. The molecule has 1 N–H and O–H groups in total. The van der Waals surface area contributed by atoms with E-state index in [0.29, 0.717) is 25.7 Å². The van der Waals surface area contributed by atoms with Crippen molar-refractivity contribution >= 4 is 28.0 Å². The number of imidazole rings is 2. The highest BCUT2D eigenvalue weighted by Gasteiger charge is 2.24. The van der Waals surface area contributed by atoms with Crippen LogP contribution in [0, 0.1) is 6.92 Å². The van der Waals surface area contributed by atoms with Gasteiger partial charge in [-0.05, 0) is 31.5 Å². The van der Waals surface area contributed by atoms with Gasteiger partial charge in [-0.2, -0.15) is 9.97 Å². The number of para-hydroxylation sites is 2. The van der Waals surface area contributed by atoms with Crippen molar-refractivity contribution in [3.05, 3.63) is 71.8 Å². The minimum atomic E-state index is 0.200. The molecule has 0 amide bonds. The Morgan fingerprint density at radius 3 is 2.50 bits per heavy atom. The third kappa shape index (κ3) is 4.00. The smallest absolute Gasteiger partial charge is 0.239 e. The van der Waals surface area contributed by atoms with Crippen molar-refractivity contribution in [1.29, 1.82) is 0 Å². The fourth-order valence-electron chi connectivity index (χ4n) is 4.84. The zero-order chi connectivity index (χ0) is 24.6. The zero-order valence-electron chi connectivity index (χ0n) is 20.8. The average Bonchev–Trinajstić information content (AvgIpc) is 3.43. The van der Waals surface area contributed by atoms with E-state index in [1.807, 2.05) is 42.8 Å². The summed E-state index contributed by atoms with van der Waals surface area (Å²) in [5.41, 5.74) is 4.78. The summed E-state index contributed by atoms with van der Waals surface area (Å²) in [4.78, 5) is 22.1. The summed E-state index contributed by atoms with van der Waals surface area (Å²) in [7, 11) is 2.03. The molecule has 3 aromatic heterocycles. The molecule has 184 valence electrons. The van der Waals surface area contributed by atoms with Gasteiger partial charge in [0.15, 0.2) is 17.0 Å². The van der Waals surface area contributed by atoms with Crippen molar-refractivity contribution in [1.82, 2.24) is 34.4 Å². The maximum absolute atomic E-state index is 5.61. The summed E-state index contributed by atoms with van der Waals surface area (Å²) < 4.78 is 9.71. The molecular formula is C27H30N8O. The van der Waals surface area contributed by atoms with Crippen LogP contribution in [0.15, 0.2) is 54.6 Å². The number of hydrogen-bond donors (Lipinski definition) is 1. The number of fused-ring (bicyclic) bond motifs is 2. The maximum atomic E-state index is 5.61. The van der Waals surface area contributed by atoms with E-state index in [9.17, 15) is 0 Å². The van der Waals surface area contributed by atoms with Crippen LogP contribution in [-0.2, 0) is 18.3 Å². The molecule has 0 saturated carbocycles. The maximum Gasteiger partial charge on any atom is 0.239 e. The van der Waals surface area contributed by atoms with Crippen LogP contribution in [0.5, 0.6) is 0 Å². The Bertz CT molecular complexity index is 1520. The first-order chi connectivity index (χ1) is 17.6. The second-order valence-corrected chi connectivity index (χ2v) is 9.20. The van der Waals surface area contributed by atoms with Gasteiger partial charge in [0.25, 0.3) is 0 Å². The molecule has 0 bridgehead atoms. The highest BCUT2D eigenvalue weighted by molar-refractivity contribution is 5.86. The quantitative estimate of drug-likeness (QED) is 0.395. The monoisotopic (exact) mass is 482 g/mol. The molecule has 1 aliphatic rings. The number of benzene rings is 2. The molecule has 9 heteroatoms. The molecule has 0 aliphatic carbocycles. The molecule has 1 fully saturated rings. The molecule has 1 atom stereocenters. The van der Waals surface area contributed by atoms with E-state index >= 15 is 0 Å². The summed E-state index contributed by atoms with van der Waals surface area (Å²) >= 11 is 0. The number of ether oxygens (including phenoxy) is 1. The lowest BCUT2D eigenvalue weighted by atomic mass is 10.1. The van der Waals surface area contributed by atoms with Gasteiger partial charge in [0.1, 0.15) is 11.6 Å². The van der Waals surface area contributed by atoms with Gasteiger partial charge in [-0.3, -0.25) is 4.57 Å². The molecular weight excluding hydrogens is 452 g/mol. The third-order valence-electron chi connectivity index (χ3n) is 6.89. The topological polar surface area (TPSA) is 85.9 Å². The fraction of sp³-hybridized carbons (Fsp3) is 0.333. The Morgan fingerprint density at radius 2 is 1.69 bits per heavy atom. The Hall–Kier alpha value is -3.82. The minimum absolute atomic E-state index is 0.200. The fourth-order valence-corrected chi connectivity index (χ4v) is 4.84. The Kier molecular flexibility index (Phi) is 5.86. The lowest BCUT2D eigenvalue weighted by molar-refractivity contribution is 0.122. The molecule has 0 radical (unpaired) electrons. The molecule has 2 aromatic carbocycles. The van der Waals surface area contributed by atoms with Crippen LogP contribution in [0.1, 0.15) is 30.2 Å². The van der Waals surface area contributed by atoms with Crippen molar-refractivity contribution < 1.29 is 4.74 Å². The molecule has 36 heavy (non-hydrogen) atoms. The van der Waals surface area contributed by atoms with Crippen LogP contribution < -0.4 is 10.2 Å². The molecule has 1 saturated heterocycles. The van der Waals surface area contributed by atoms with Crippen LogP contribution in [0.2, 0.25) is 0 Å². The highest BCUT2D eigenvalue weighted by atomic mass is 16.5. The van der Waals surface area contributed by atoms with Gasteiger partial charge >= 0.3 is 0 Å². The standard InChI is InChI=1S/C27H30N8O/c1-18(20-9-5-4-6-10-20)28-17-23-30-24-25(33(23)3)31-27(32-26(24)34-13-15-36-16-14-34)35-19(2)29-21-11-7-8-12-22(21)35/h4-12,18,28H,13-17H2,1-3H3. The minimum Gasteiger partial charge on any atom is -0.378 e. The molecule has 0 spiro atoms. The van der Waals surface area contributed by atoms with Crippen molar-refractivity contribution in [2.75, 3.05) is 31.2 Å². The van der Waals surface area contributed by atoms with Gasteiger partial charge in [-0.15, -0.1) is 0 Å². The van der Waals surface area contributed by atoms with Gasteiger partial charge in [0.2, 0.25) is 5.95 Å². The van der Waals surface area contributed by atoms with E-state index in [1.54, 1.807) is 0 Å². The van der Waals surface area contributed by atoms with E-state index < -0.39 is 0 Å². The number of nitrogens with one attached hydrogen (secondary N) is 1. The van der Waals surface area contributed by atoms with Gasteiger partial charge in [-0.25, -0.2) is 9.97 Å². The van der Waals surface area contributed by atoms with Crippen molar-refractivity contribution in [3.63, 3.8) is 0 Å². The van der Waals surface area contributed by atoms with Crippen LogP contribution >= 0.6 is 0 Å². The number of rotatable bonds is 6. The lowest BCUT2D eigenvalue weighted by Gasteiger charge is -2.28. The Labute approximate surface area is 209 Å². The number of morpholine rings is 1. The first kappa shape index (κ1) is 22.6. The van der Waals surface area contributed by atoms with Crippen molar-refractivity contribution in [3.8, 4) is 5.95 Å². The van der Waals surface area contributed by atoms with Gasteiger partial charge in [-0.1, -0.05) is 42.5 Å². The number of anilines is 1. The van der Waals surface area contributed by atoms with E-state index in [1.165, 1.54) is 5.56 Å². The van der Waals surface area contributed by atoms with Crippen LogP contribution in [0.3, 0.4) is 0 Å². The van der Waals surface area contributed by atoms with Gasteiger partial charge in [0.05, 0.1) is 30.8 Å². The molecule has 1 aliphatic heterocycles. The molecule has 6 rings (SSSR count). The summed E-state index contributed by atoms with van der Waals surface area (Å²) in [5, 5.41) is 3.61. The van der Waals surface area contributed by atoms with Gasteiger partial charge < -0.3 is 19.5 Å². The molecule has 5 aromatic rings. The molecule has 1 unspecified atom stereocenters.